The number of methoxy groups -OCH3 is 1. The molecule has 13 heavy (non-hydrogen) atoms. The van der Waals surface area contributed by atoms with Gasteiger partial charge in [-0.05, 0) is 11.1 Å². The number of ether oxygens (including phenoxy) is 1. The van der Waals surface area contributed by atoms with Crippen molar-refractivity contribution in [3.63, 3.8) is 0 Å². The Morgan fingerprint density at radius 3 is 2.92 bits per heavy atom. The molecule has 2 nitrogen and oxygen atoms in total. The highest BCUT2D eigenvalue weighted by molar-refractivity contribution is 5.28. The largest absolute Gasteiger partial charge is 0.380 e. The zero-order chi connectivity index (χ0) is 9.10. The van der Waals surface area contributed by atoms with E-state index in [9.17, 15) is 0 Å². The average molecular weight is 177 g/mol. The van der Waals surface area contributed by atoms with Gasteiger partial charge >= 0.3 is 0 Å². The zero-order valence-corrected chi connectivity index (χ0v) is 7.92. The van der Waals surface area contributed by atoms with Gasteiger partial charge in [-0.15, -0.1) is 0 Å². The molecular formula is C11H15NO. The van der Waals surface area contributed by atoms with Gasteiger partial charge in [0, 0.05) is 26.1 Å². The van der Waals surface area contributed by atoms with Crippen LogP contribution >= 0.6 is 0 Å². The minimum Gasteiger partial charge on any atom is -0.380 e. The molecule has 0 aromatic heterocycles. The van der Waals surface area contributed by atoms with Crippen LogP contribution in [0, 0.1) is 0 Å². The van der Waals surface area contributed by atoms with Crippen molar-refractivity contribution in [3.8, 4) is 0 Å². The van der Waals surface area contributed by atoms with Crippen molar-refractivity contribution < 1.29 is 4.74 Å². The molecule has 1 aliphatic rings. The number of hydrogen-bond donors (Lipinski definition) is 1. The van der Waals surface area contributed by atoms with Gasteiger partial charge in [-0.25, -0.2) is 0 Å². The Morgan fingerprint density at radius 2 is 2.31 bits per heavy atom. The van der Waals surface area contributed by atoms with Crippen LogP contribution in [0.5, 0.6) is 0 Å². The van der Waals surface area contributed by atoms with Crippen molar-refractivity contribution in [1.82, 2.24) is 5.32 Å². The van der Waals surface area contributed by atoms with E-state index in [-0.39, 0.29) is 0 Å². The first kappa shape index (κ1) is 8.73. The van der Waals surface area contributed by atoms with E-state index in [4.69, 9.17) is 4.74 Å². The van der Waals surface area contributed by atoms with Crippen LogP contribution in [0.4, 0.5) is 0 Å². The molecule has 1 aromatic rings. The predicted molar refractivity (Wildman–Crippen MR) is 52.8 cm³/mol. The highest BCUT2D eigenvalue weighted by atomic mass is 16.5. The zero-order valence-electron chi connectivity index (χ0n) is 7.92. The van der Waals surface area contributed by atoms with Gasteiger partial charge < -0.3 is 10.1 Å². The molecule has 0 atom stereocenters. The summed E-state index contributed by atoms with van der Waals surface area (Å²) < 4.78 is 5.10. The summed E-state index contributed by atoms with van der Waals surface area (Å²) in [6.07, 6.45) is 0. The van der Waals surface area contributed by atoms with Crippen LogP contribution in [0.25, 0.3) is 0 Å². The van der Waals surface area contributed by atoms with Crippen molar-refractivity contribution in [2.75, 3.05) is 20.2 Å². The normalized spacial score (nSPS) is 17.0. The maximum absolute atomic E-state index is 5.10. The van der Waals surface area contributed by atoms with Crippen LogP contribution in [-0.2, 0) is 11.3 Å². The minimum atomic E-state index is 0.716. The van der Waals surface area contributed by atoms with Gasteiger partial charge in [0.05, 0.1) is 6.61 Å². The summed E-state index contributed by atoms with van der Waals surface area (Å²) >= 11 is 0. The molecule has 2 heteroatoms. The Balaban J connectivity index is 2.11. The second-order valence-corrected chi connectivity index (χ2v) is 3.53. The van der Waals surface area contributed by atoms with Gasteiger partial charge in [0.25, 0.3) is 0 Å². The molecule has 0 saturated carbocycles. The molecule has 0 radical (unpaired) electrons. The Labute approximate surface area is 78.9 Å². The maximum Gasteiger partial charge on any atom is 0.0713 e. The topological polar surface area (TPSA) is 21.3 Å². The molecule has 1 N–H and O–H groups in total. The Bertz CT molecular complexity index is 281. The van der Waals surface area contributed by atoms with E-state index in [2.05, 4.69) is 29.6 Å². The lowest BCUT2D eigenvalue weighted by molar-refractivity contribution is 0.185. The van der Waals surface area contributed by atoms with Crippen LogP contribution in [0.2, 0.25) is 0 Å². The Morgan fingerprint density at radius 1 is 1.46 bits per heavy atom. The highest BCUT2D eigenvalue weighted by Gasteiger charge is 2.18. The van der Waals surface area contributed by atoms with E-state index in [0.29, 0.717) is 6.61 Å². The van der Waals surface area contributed by atoms with Crippen LogP contribution in [-0.4, -0.2) is 20.2 Å². The quantitative estimate of drug-likeness (QED) is 0.755. The van der Waals surface area contributed by atoms with Crippen molar-refractivity contribution in [3.05, 3.63) is 35.4 Å². The van der Waals surface area contributed by atoms with E-state index in [1.165, 1.54) is 11.1 Å². The van der Waals surface area contributed by atoms with E-state index in [0.717, 1.165) is 19.0 Å². The molecule has 1 heterocycles. The first-order valence-electron chi connectivity index (χ1n) is 4.68. The summed E-state index contributed by atoms with van der Waals surface area (Å²) in [7, 11) is 1.73. The Kier molecular flexibility index (Phi) is 2.62. The maximum atomic E-state index is 5.10. The third kappa shape index (κ3) is 1.90. The molecule has 70 valence electrons. The van der Waals surface area contributed by atoms with Crippen LogP contribution in [0.3, 0.4) is 0 Å². The summed E-state index contributed by atoms with van der Waals surface area (Å²) in [6.45, 7) is 2.96. The molecule has 2 rings (SSSR count). The van der Waals surface area contributed by atoms with Gasteiger partial charge in [0.1, 0.15) is 0 Å². The summed E-state index contributed by atoms with van der Waals surface area (Å²) in [6, 6.07) is 8.67. The molecule has 0 aliphatic carbocycles. The van der Waals surface area contributed by atoms with Gasteiger partial charge in [-0.1, -0.05) is 24.3 Å². The van der Waals surface area contributed by atoms with Crippen LogP contribution < -0.4 is 5.32 Å². The first-order valence-corrected chi connectivity index (χ1v) is 4.68. The highest BCUT2D eigenvalue weighted by Crippen LogP contribution is 2.20. The van der Waals surface area contributed by atoms with E-state index < -0.39 is 0 Å². The number of hydrogen-bond acceptors (Lipinski definition) is 2. The molecule has 1 saturated heterocycles. The van der Waals surface area contributed by atoms with Crippen LogP contribution in [0.15, 0.2) is 24.3 Å². The molecule has 0 amide bonds. The molecule has 1 aliphatic heterocycles. The smallest absolute Gasteiger partial charge is 0.0713 e. The number of nitrogens with one attached hydrogen (secondary N) is 1. The lowest BCUT2D eigenvalue weighted by atomic mass is 9.93. The van der Waals surface area contributed by atoms with E-state index in [1.54, 1.807) is 7.11 Å². The van der Waals surface area contributed by atoms with E-state index >= 15 is 0 Å². The average Bonchev–Trinajstić information content (AvgIpc) is 2.02. The fourth-order valence-electron chi connectivity index (χ4n) is 1.63. The minimum absolute atomic E-state index is 0.716. The summed E-state index contributed by atoms with van der Waals surface area (Å²) in [5.74, 6) is 0.719. The Hall–Kier alpha value is -0.860. The SMILES string of the molecule is COCc1cccc(C2CNC2)c1. The first-order chi connectivity index (χ1) is 6.40. The van der Waals surface area contributed by atoms with Crippen LogP contribution in [0.1, 0.15) is 17.0 Å². The number of rotatable bonds is 3. The monoisotopic (exact) mass is 177 g/mol. The van der Waals surface area contributed by atoms with Gasteiger partial charge in [0.2, 0.25) is 0 Å². The summed E-state index contributed by atoms with van der Waals surface area (Å²) in [5.41, 5.74) is 2.71. The fourth-order valence-corrected chi connectivity index (χ4v) is 1.63. The molecule has 1 fully saturated rings. The van der Waals surface area contributed by atoms with Crippen molar-refractivity contribution in [1.29, 1.82) is 0 Å². The molecule has 0 bridgehead atoms. The fraction of sp³-hybridized carbons (Fsp3) is 0.455. The van der Waals surface area contributed by atoms with Gasteiger partial charge in [-0.3, -0.25) is 0 Å². The van der Waals surface area contributed by atoms with Gasteiger partial charge in [-0.2, -0.15) is 0 Å². The van der Waals surface area contributed by atoms with Crippen molar-refractivity contribution >= 4 is 0 Å². The number of benzene rings is 1. The summed E-state index contributed by atoms with van der Waals surface area (Å²) in [4.78, 5) is 0. The molecule has 0 spiro atoms. The standard InChI is InChI=1S/C11H15NO/c1-13-8-9-3-2-4-10(5-9)11-6-12-7-11/h2-5,11-12H,6-8H2,1H3. The lowest BCUT2D eigenvalue weighted by Gasteiger charge is -2.27. The third-order valence-corrected chi connectivity index (χ3v) is 2.51. The van der Waals surface area contributed by atoms with Crippen molar-refractivity contribution in [2.45, 2.75) is 12.5 Å². The summed E-state index contributed by atoms with van der Waals surface area (Å²) in [5, 5.41) is 3.28. The second kappa shape index (κ2) is 3.90. The van der Waals surface area contributed by atoms with Crippen molar-refractivity contribution in [2.24, 2.45) is 0 Å². The molecule has 1 aromatic carbocycles. The second-order valence-electron chi connectivity index (χ2n) is 3.53. The van der Waals surface area contributed by atoms with Gasteiger partial charge in [0.15, 0.2) is 0 Å². The lowest BCUT2D eigenvalue weighted by Crippen LogP contribution is -2.39. The van der Waals surface area contributed by atoms with E-state index in [1.807, 2.05) is 0 Å². The third-order valence-electron chi connectivity index (χ3n) is 2.51. The predicted octanol–water partition coefficient (Wildman–Crippen LogP) is 1.52. The molecular weight excluding hydrogens is 162 g/mol. The molecule has 0 unspecified atom stereocenters.